The first kappa shape index (κ1) is 19.7. The van der Waals surface area contributed by atoms with E-state index in [0.717, 1.165) is 38.9 Å². The van der Waals surface area contributed by atoms with Crippen LogP contribution in [-0.2, 0) is 22.5 Å². The molecule has 3 rings (SSSR count). The van der Waals surface area contributed by atoms with E-state index in [9.17, 15) is 9.59 Å². The van der Waals surface area contributed by atoms with Gasteiger partial charge in [-0.2, -0.15) is 0 Å². The Morgan fingerprint density at radius 3 is 2.63 bits per heavy atom. The van der Waals surface area contributed by atoms with Gasteiger partial charge in [0.05, 0.1) is 6.54 Å². The zero-order valence-electron chi connectivity index (χ0n) is 16.4. The normalized spacial score (nSPS) is 20.8. The lowest BCUT2D eigenvalue weighted by Gasteiger charge is -2.33. The molecule has 1 aromatic rings. The minimum Gasteiger partial charge on any atom is -0.448 e. The van der Waals surface area contributed by atoms with E-state index in [1.165, 1.54) is 16.0 Å². The Hall–Kier alpha value is -2.08. The molecule has 1 N–H and O–H groups in total. The molecule has 1 unspecified atom stereocenters. The average Bonchev–Trinajstić information content (AvgIpc) is 3.01. The number of rotatable bonds is 7. The molecule has 0 spiro atoms. The van der Waals surface area contributed by atoms with Crippen molar-refractivity contribution in [3.63, 3.8) is 0 Å². The van der Waals surface area contributed by atoms with Crippen LogP contribution in [0.3, 0.4) is 0 Å². The fourth-order valence-electron chi connectivity index (χ4n) is 3.84. The van der Waals surface area contributed by atoms with Crippen LogP contribution in [0.2, 0.25) is 0 Å². The maximum absolute atomic E-state index is 12.2. The van der Waals surface area contributed by atoms with Crippen LogP contribution in [0, 0.1) is 5.92 Å². The molecule has 2 fully saturated rings. The number of hydrogen-bond donors (Lipinski definition) is 1. The highest BCUT2D eigenvalue weighted by Crippen LogP contribution is 2.16. The van der Waals surface area contributed by atoms with E-state index in [1.807, 2.05) is 0 Å². The van der Waals surface area contributed by atoms with Gasteiger partial charge < -0.3 is 10.1 Å². The lowest BCUT2D eigenvalue weighted by Crippen LogP contribution is -2.49. The predicted octanol–water partition coefficient (Wildman–Crippen LogP) is 2.42. The Bertz CT molecular complexity index is 645. The van der Waals surface area contributed by atoms with Crippen molar-refractivity contribution < 1.29 is 14.3 Å². The fraction of sp³-hybridized carbons (Fsp3) is 0.619. The Balaban J connectivity index is 1.46. The second kappa shape index (κ2) is 9.22. The van der Waals surface area contributed by atoms with Crippen LogP contribution in [0.25, 0.3) is 0 Å². The van der Waals surface area contributed by atoms with E-state index in [1.54, 1.807) is 0 Å². The number of likely N-dealkylation sites (tertiary alicyclic amines) is 1. The van der Waals surface area contributed by atoms with Gasteiger partial charge in [-0.25, -0.2) is 4.79 Å². The summed E-state index contributed by atoms with van der Waals surface area (Å²) in [6.07, 6.45) is 2.78. The summed E-state index contributed by atoms with van der Waals surface area (Å²) in [6, 6.07) is 9.05. The molecule has 0 radical (unpaired) electrons. The van der Waals surface area contributed by atoms with Gasteiger partial charge in [0.2, 0.25) is 5.91 Å². The minimum absolute atomic E-state index is 0.0899. The minimum atomic E-state index is -0.392. The third kappa shape index (κ3) is 5.96. The predicted molar refractivity (Wildman–Crippen MR) is 104 cm³/mol. The summed E-state index contributed by atoms with van der Waals surface area (Å²) in [6.45, 7) is 8.25. The molecule has 0 aromatic heterocycles. The average molecular weight is 373 g/mol. The summed E-state index contributed by atoms with van der Waals surface area (Å²) >= 11 is 0. The van der Waals surface area contributed by atoms with Gasteiger partial charge in [0.1, 0.15) is 13.2 Å². The summed E-state index contributed by atoms with van der Waals surface area (Å²) in [5, 5.41) is 3.08. The second-order valence-electron chi connectivity index (χ2n) is 8.09. The lowest BCUT2D eigenvalue weighted by atomic mass is 10.0. The van der Waals surface area contributed by atoms with Gasteiger partial charge in [0, 0.05) is 19.1 Å². The molecule has 6 nitrogen and oxygen atoms in total. The van der Waals surface area contributed by atoms with E-state index in [4.69, 9.17) is 4.74 Å². The van der Waals surface area contributed by atoms with Crippen LogP contribution in [-0.4, -0.2) is 60.6 Å². The van der Waals surface area contributed by atoms with Gasteiger partial charge >= 0.3 is 6.09 Å². The lowest BCUT2D eigenvalue weighted by molar-refractivity contribution is -0.122. The van der Waals surface area contributed by atoms with Crippen molar-refractivity contribution in [2.24, 2.45) is 5.92 Å². The van der Waals surface area contributed by atoms with Gasteiger partial charge in [-0.1, -0.05) is 38.1 Å². The number of ether oxygens (including phenoxy) is 1. The smallest absolute Gasteiger partial charge is 0.410 e. The Labute approximate surface area is 161 Å². The molecule has 2 saturated heterocycles. The number of carbonyl (C=O) groups excluding carboxylic acids is 2. The number of piperidine rings is 1. The molecule has 0 saturated carbocycles. The quantitative estimate of drug-likeness (QED) is 0.797. The Morgan fingerprint density at radius 2 is 1.96 bits per heavy atom. The first-order valence-corrected chi connectivity index (χ1v) is 10.0. The number of amides is 2. The monoisotopic (exact) mass is 373 g/mol. The SMILES string of the molecule is CC(C)Cc1ccc(CN2CCCC(NC(=O)CN3CCOC3=O)C2)cc1. The number of carbonyl (C=O) groups is 2. The van der Waals surface area contributed by atoms with Crippen LogP contribution in [0.1, 0.15) is 37.8 Å². The van der Waals surface area contributed by atoms with E-state index in [2.05, 4.69) is 48.3 Å². The van der Waals surface area contributed by atoms with Crippen LogP contribution in [0.5, 0.6) is 0 Å². The summed E-state index contributed by atoms with van der Waals surface area (Å²) in [7, 11) is 0. The number of benzene rings is 1. The largest absolute Gasteiger partial charge is 0.448 e. The van der Waals surface area contributed by atoms with Crippen molar-refractivity contribution in [1.29, 1.82) is 0 Å². The Morgan fingerprint density at radius 1 is 1.22 bits per heavy atom. The van der Waals surface area contributed by atoms with E-state index < -0.39 is 6.09 Å². The van der Waals surface area contributed by atoms with Crippen molar-refractivity contribution in [2.45, 2.75) is 45.7 Å². The number of nitrogens with one attached hydrogen (secondary N) is 1. The molecular formula is C21H31N3O3. The first-order valence-electron chi connectivity index (χ1n) is 10.0. The van der Waals surface area contributed by atoms with Gasteiger partial charge in [-0.3, -0.25) is 14.6 Å². The van der Waals surface area contributed by atoms with Gasteiger partial charge in [-0.05, 0) is 42.9 Å². The topological polar surface area (TPSA) is 61.9 Å². The first-order chi connectivity index (χ1) is 13.0. The molecule has 1 atom stereocenters. The molecule has 1 aromatic carbocycles. The van der Waals surface area contributed by atoms with Crippen molar-refractivity contribution in [3.8, 4) is 0 Å². The number of cyclic esters (lactones) is 1. The van der Waals surface area contributed by atoms with Crippen molar-refractivity contribution in [1.82, 2.24) is 15.1 Å². The molecule has 2 aliphatic rings. The van der Waals surface area contributed by atoms with Gasteiger partial charge in [-0.15, -0.1) is 0 Å². The van der Waals surface area contributed by atoms with Crippen LogP contribution in [0.4, 0.5) is 4.79 Å². The maximum atomic E-state index is 12.2. The molecular weight excluding hydrogens is 342 g/mol. The van der Waals surface area contributed by atoms with Crippen molar-refractivity contribution in [3.05, 3.63) is 35.4 Å². The summed E-state index contributed by atoms with van der Waals surface area (Å²) in [5.74, 6) is 0.573. The molecule has 148 valence electrons. The van der Waals surface area contributed by atoms with E-state index >= 15 is 0 Å². The van der Waals surface area contributed by atoms with Crippen molar-refractivity contribution >= 4 is 12.0 Å². The molecule has 6 heteroatoms. The number of nitrogens with zero attached hydrogens (tertiary/aromatic N) is 2. The summed E-state index contributed by atoms with van der Waals surface area (Å²) < 4.78 is 4.87. The van der Waals surface area contributed by atoms with E-state index in [-0.39, 0.29) is 18.5 Å². The Kier molecular flexibility index (Phi) is 6.72. The third-order valence-electron chi connectivity index (χ3n) is 5.12. The highest BCUT2D eigenvalue weighted by molar-refractivity contribution is 5.83. The second-order valence-corrected chi connectivity index (χ2v) is 8.09. The zero-order valence-corrected chi connectivity index (χ0v) is 16.4. The highest BCUT2D eigenvalue weighted by Gasteiger charge is 2.26. The summed E-state index contributed by atoms with van der Waals surface area (Å²) in [5.41, 5.74) is 2.70. The fourth-order valence-corrected chi connectivity index (χ4v) is 3.84. The molecule has 2 amide bonds. The zero-order chi connectivity index (χ0) is 19.2. The van der Waals surface area contributed by atoms with Gasteiger partial charge in [0.15, 0.2) is 0 Å². The molecule has 2 heterocycles. The number of hydrogen-bond acceptors (Lipinski definition) is 4. The van der Waals surface area contributed by atoms with Crippen LogP contribution in [0.15, 0.2) is 24.3 Å². The van der Waals surface area contributed by atoms with Gasteiger partial charge in [0.25, 0.3) is 0 Å². The molecule has 27 heavy (non-hydrogen) atoms. The maximum Gasteiger partial charge on any atom is 0.410 e. The molecule has 0 bridgehead atoms. The highest BCUT2D eigenvalue weighted by atomic mass is 16.6. The molecule has 2 aliphatic heterocycles. The van der Waals surface area contributed by atoms with Crippen molar-refractivity contribution in [2.75, 3.05) is 32.8 Å². The third-order valence-corrected chi connectivity index (χ3v) is 5.12. The molecule has 0 aliphatic carbocycles. The van der Waals surface area contributed by atoms with E-state index in [0.29, 0.717) is 19.1 Å². The van der Waals surface area contributed by atoms with Crippen LogP contribution >= 0.6 is 0 Å². The summed E-state index contributed by atoms with van der Waals surface area (Å²) in [4.78, 5) is 27.5. The van der Waals surface area contributed by atoms with Crippen LogP contribution < -0.4 is 5.32 Å². The standard InChI is InChI=1S/C21H31N3O3/c1-16(2)12-17-5-7-18(8-6-17)13-23-9-3-4-19(14-23)22-20(25)15-24-10-11-27-21(24)26/h5-8,16,19H,3-4,9-15H2,1-2H3,(H,22,25).